The average Bonchev–Trinajstić information content (AvgIpc) is 2.68. The molecule has 0 bridgehead atoms. The van der Waals surface area contributed by atoms with Gasteiger partial charge in [0, 0.05) is 33.3 Å². The number of carbonyl (C=O) groups is 1. The maximum absolute atomic E-state index is 12.1. The Morgan fingerprint density at radius 1 is 1.22 bits per heavy atom. The van der Waals surface area contributed by atoms with Crippen LogP contribution in [0.2, 0.25) is 0 Å². The fourth-order valence-corrected chi connectivity index (χ4v) is 2.97. The summed E-state index contributed by atoms with van der Waals surface area (Å²) in [5, 5.41) is 6.05. The van der Waals surface area contributed by atoms with Gasteiger partial charge in [-0.1, -0.05) is 12.1 Å². The zero-order valence-corrected chi connectivity index (χ0v) is 18.7. The Morgan fingerprint density at radius 3 is 2.44 bits per heavy atom. The van der Waals surface area contributed by atoms with Crippen molar-refractivity contribution in [1.82, 2.24) is 15.5 Å². The number of likely N-dealkylation sites (tertiary alicyclic amines) is 1. The van der Waals surface area contributed by atoms with Crippen molar-refractivity contribution >= 4 is 35.8 Å². The number of hydrogen-bond donors (Lipinski definition) is 2. The minimum atomic E-state index is -0.0637. The van der Waals surface area contributed by atoms with E-state index in [9.17, 15) is 4.79 Å². The molecule has 0 spiro atoms. The standard InChI is InChI=1S/C19H30N4O3.HI/c1-4-26-17-9-11-23(12-10-17)19(20-2)22-14-18(24)21-13-15-5-7-16(25-3)8-6-15;/h5-8,17H,4,9-14H2,1-3H3,(H,20,22)(H,21,24);1H. The SMILES string of the molecule is CCOC1CCN(C(=NC)NCC(=O)NCc2ccc(OC)cc2)CC1.I. The molecule has 7 nitrogen and oxygen atoms in total. The number of carbonyl (C=O) groups excluding carboxylic acids is 1. The van der Waals surface area contributed by atoms with Gasteiger partial charge < -0.3 is 25.0 Å². The number of rotatable bonds is 7. The summed E-state index contributed by atoms with van der Waals surface area (Å²) >= 11 is 0. The predicted octanol–water partition coefficient (Wildman–Crippen LogP) is 2.01. The summed E-state index contributed by atoms with van der Waals surface area (Å²) in [6.45, 7) is 5.25. The highest BCUT2D eigenvalue weighted by atomic mass is 127. The largest absolute Gasteiger partial charge is 0.497 e. The monoisotopic (exact) mass is 490 g/mol. The molecule has 0 saturated carbocycles. The van der Waals surface area contributed by atoms with Crippen LogP contribution in [0.15, 0.2) is 29.3 Å². The Kier molecular flexibility index (Phi) is 11.1. The third-order valence-corrected chi connectivity index (χ3v) is 4.41. The van der Waals surface area contributed by atoms with Gasteiger partial charge in [0.1, 0.15) is 5.75 Å². The summed E-state index contributed by atoms with van der Waals surface area (Å²) in [4.78, 5) is 18.5. The number of halogens is 1. The zero-order chi connectivity index (χ0) is 18.8. The molecule has 1 aliphatic rings. The minimum absolute atomic E-state index is 0. The molecular formula is C19H31IN4O3. The van der Waals surface area contributed by atoms with Gasteiger partial charge in [0.25, 0.3) is 0 Å². The lowest BCUT2D eigenvalue weighted by Gasteiger charge is -2.33. The number of amides is 1. The van der Waals surface area contributed by atoms with E-state index in [2.05, 4.69) is 20.5 Å². The summed E-state index contributed by atoms with van der Waals surface area (Å²) < 4.78 is 10.8. The van der Waals surface area contributed by atoms with Gasteiger partial charge in [0.15, 0.2) is 5.96 Å². The molecule has 1 saturated heterocycles. The second kappa shape index (κ2) is 12.8. The number of nitrogens with zero attached hydrogens (tertiary/aromatic N) is 2. The second-order valence-electron chi connectivity index (χ2n) is 6.17. The van der Waals surface area contributed by atoms with Crippen LogP contribution >= 0.6 is 24.0 Å². The molecule has 1 aromatic carbocycles. The fraction of sp³-hybridized carbons (Fsp3) is 0.579. The molecule has 2 N–H and O–H groups in total. The van der Waals surface area contributed by atoms with Crippen molar-refractivity contribution in [2.24, 2.45) is 4.99 Å². The normalized spacial score (nSPS) is 15.1. The van der Waals surface area contributed by atoms with Crippen molar-refractivity contribution in [1.29, 1.82) is 0 Å². The van der Waals surface area contributed by atoms with Gasteiger partial charge in [-0.25, -0.2) is 0 Å². The van der Waals surface area contributed by atoms with Gasteiger partial charge >= 0.3 is 0 Å². The van der Waals surface area contributed by atoms with E-state index in [0.717, 1.165) is 49.8 Å². The summed E-state index contributed by atoms with van der Waals surface area (Å²) in [7, 11) is 3.38. The Morgan fingerprint density at radius 2 is 1.89 bits per heavy atom. The highest BCUT2D eigenvalue weighted by Crippen LogP contribution is 2.13. The van der Waals surface area contributed by atoms with Crippen LogP contribution in [0.4, 0.5) is 0 Å². The van der Waals surface area contributed by atoms with Crippen molar-refractivity contribution in [3.8, 4) is 5.75 Å². The number of nitrogens with one attached hydrogen (secondary N) is 2. The van der Waals surface area contributed by atoms with Crippen molar-refractivity contribution in [3.63, 3.8) is 0 Å². The van der Waals surface area contributed by atoms with Crippen molar-refractivity contribution in [2.75, 3.05) is 40.4 Å². The van der Waals surface area contributed by atoms with Gasteiger partial charge in [0.05, 0.1) is 19.8 Å². The van der Waals surface area contributed by atoms with E-state index in [-0.39, 0.29) is 36.4 Å². The smallest absolute Gasteiger partial charge is 0.239 e. The number of ether oxygens (including phenoxy) is 2. The Bertz CT molecular complexity index is 587. The molecule has 8 heteroatoms. The number of methoxy groups -OCH3 is 1. The summed E-state index contributed by atoms with van der Waals surface area (Å²) in [6, 6.07) is 7.64. The summed E-state index contributed by atoms with van der Waals surface area (Å²) in [6.07, 6.45) is 2.30. The first kappa shape index (κ1) is 23.5. The Balaban J connectivity index is 0.00000364. The molecule has 152 valence electrons. The van der Waals surface area contributed by atoms with E-state index < -0.39 is 0 Å². The molecule has 1 aliphatic heterocycles. The minimum Gasteiger partial charge on any atom is -0.497 e. The van der Waals surface area contributed by atoms with Gasteiger partial charge in [-0.2, -0.15) is 0 Å². The predicted molar refractivity (Wildman–Crippen MR) is 118 cm³/mol. The van der Waals surface area contributed by atoms with E-state index >= 15 is 0 Å². The van der Waals surface area contributed by atoms with Crippen molar-refractivity contribution in [3.05, 3.63) is 29.8 Å². The van der Waals surface area contributed by atoms with Gasteiger partial charge in [0.2, 0.25) is 5.91 Å². The average molecular weight is 490 g/mol. The molecular weight excluding hydrogens is 459 g/mol. The highest BCUT2D eigenvalue weighted by molar-refractivity contribution is 14.0. The molecule has 0 unspecified atom stereocenters. The van der Waals surface area contributed by atoms with Crippen LogP contribution in [-0.2, 0) is 16.1 Å². The fourth-order valence-electron chi connectivity index (χ4n) is 2.97. The van der Waals surface area contributed by atoms with Crippen LogP contribution in [0.5, 0.6) is 5.75 Å². The van der Waals surface area contributed by atoms with Crippen LogP contribution in [0.25, 0.3) is 0 Å². The number of hydrogen-bond acceptors (Lipinski definition) is 4. The maximum atomic E-state index is 12.1. The van der Waals surface area contributed by atoms with E-state index in [1.54, 1.807) is 14.2 Å². The van der Waals surface area contributed by atoms with Crippen LogP contribution in [0.3, 0.4) is 0 Å². The molecule has 0 aromatic heterocycles. The van der Waals surface area contributed by atoms with Crippen molar-refractivity contribution in [2.45, 2.75) is 32.4 Å². The Hall–Kier alpha value is -1.55. The van der Waals surface area contributed by atoms with Crippen LogP contribution < -0.4 is 15.4 Å². The molecule has 27 heavy (non-hydrogen) atoms. The van der Waals surface area contributed by atoms with Gasteiger partial charge in [-0.3, -0.25) is 9.79 Å². The number of benzene rings is 1. The van der Waals surface area contributed by atoms with Crippen LogP contribution in [0.1, 0.15) is 25.3 Å². The first-order chi connectivity index (χ1) is 12.7. The summed E-state index contributed by atoms with van der Waals surface area (Å²) in [5.74, 6) is 1.50. The topological polar surface area (TPSA) is 75.2 Å². The summed E-state index contributed by atoms with van der Waals surface area (Å²) in [5.41, 5.74) is 1.03. The zero-order valence-electron chi connectivity index (χ0n) is 16.4. The number of aliphatic imine (C=N–C) groups is 1. The van der Waals surface area contributed by atoms with E-state index in [0.29, 0.717) is 12.6 Å². The lowest BCUT2D eigenvalue weighted by molar-refractivity contribution is -0.120. The van der Waals surface area contributed by atoms with Crippen molar-refractivity contribution < 1.29 is 14.3 Å². The van der Waals surface area contributed by atoms with E-state index in [4.69, 9.17) is 9.47 Å². The number of piperidine rings is 1. The molecule has 1 heterocycles. The van der Waals surface area contributed by atoms with E-state index in [1.165, 1.54) is 0 Å². The second-order valence-corrected chi connectivity index (χ2v) is 6.17. The molecule has 1 fully saturated rings. The van der Waals surface area contributed by atoms with Crippen LogP contribution in [-0.4, -0.2) is 63.3 Å². The van der Waals surface area contributed by atoms with Gasteiger partial charge in [-0.15, -0.1) is 24.0 Å². The molecule has 0 radical (unpaired) electrons. The lowest BCUT2D eigenvalue weighted by Crippen LogP contribution is -2.49. The van der Waals surface area contributed by atoms with Crippen LogP contribution in [0, 0.1) is 0 Å². The molecule has 0 aliphatic carbocycles. The first-order valence-electron chi connectivity index (χ1n) is 9.13. The Labute approximate surface area is 178 Å². The molecule has 0 atom stereocenters. The molecule has 1 aromatic rings. The lowest BCUT2D eigenvalue weighted by atomic mass is 10.1. The molecule has 2 rings (SSSR count). The third-order valence-electron chi connectivity index (χ3n) is 4.41. The highest BCUT2D eigenvalue weighted by Gasteiger charge is 2.21. The quantitative estimate of drug-likeness (QED) is 0.348. The third kappa shape index (κ3) is 7.92. The first-order valence-corrected chi connectivity index (χ1v) is 9.13. The van der Waals surface area contributed by atoms with E-state index in [1.807, 2.05) is 31.2 Å². The van der Waals surface area contributed by atoms with Gasteiger partial charge in [-0.05, 0) is 37.5 Å². The number of guanidine groups is 1. The maximum Gasteiger partial charge on any atom is 0.239 e. The molecule has 1 amide bonds.